The van der Waals surface area contributed by atoms with Crippen molar-refractivity contribution in [2.24, 2.45) is 0 Å². The van der Waals surface area contributed by atoms with Crippen LogP contribution in [-0.4, -0.2) is 60.1 Å². The molecule has 1 aliphatic heterocycles. The van der Waals surface area contributed by atoms with Crippen molar-refractivity contribution in [1.82, 2.24) is 9.80 Å². The Hall–Kier alpha value is -1.35. The molecular weight excluding hydrogens is 272 g/mol. The van der Waals surface area contributed by atoms with Gasteiger partial charge in [0.1, 0.15) is 0 Å². The van der Waals surface area contributed by atoms with Crippen LogP contribution in [0.15, 0.2) is 12.1 Å². The minimum Gasteiger partial charge on any atom is -0.395 e. The predicted molar refractivity (Wildman–Crippen MR) is 80.9 cm³/mol. The summed E-state index contributed by atoms with van der Waals surface area (Å²) in [4.78, 5) is 18.2. The lowest BCUT2D eigenvalue weighted by molar-refractivity contribution is 0.0577. The minimum atomic E-state index is 0.0728. The first-order valence-electron chi connectivity index (χ1n) is 6.81. The Bertz CT molecular complexity index is 529. The van der Waals surface area contributed by atoms with Crippen molar-refractivity contribution in [3.63, 3.8) is 0 Å². The molecule has 4 nitrogen and oxygen atoms in total. The van der Waals surface area contributed by atoms with Crippen LogP contribution < -0.4 is 0 Å². The summed E-state index contributed by atoms with van der Waals surface area (Å²) in [7, 11) is 2.09. The van der Waals surface area contributed by atoms with Crippen LogP contribution >= 0.6 is 11.3 Å². The van der Waals surface area contributed by atoms with E-state index in [0.717, 1.165) is 29.4 Å². The van der Waals surface area contributed by atoms with Crippen molar-refractivity contribution in [2.75, 3.05) is 33.3 Å². The number of amides is 1. The van der Waals surface area contributed by atoms with Crippen LogP contribution in [0.1, 0.15) is 27.9 Å². The van der Waals surface area contributed by atoms with Crippen LogP contribution in [0.3, 0.4) is 0 Å². The summed E-state index contributed by atoms with van der Waals surface area (Å²) in [6, 6.07) is 4.12. The van der Waals surface area contributed by atoms with E-state index in [4.69, 9.17) is 5.11 Å². The molecule has 1 amide bonds. The van der Waals surface area contributed by atoms with Crippen LogP contribution in [0.5, 0.6) is 0 Å². The zero-order valence-corrected chi connectivity index (χ0v) is 12.7. The average molecular weight is 292 g/mol. The van der Waals surface area contributed by atoms with Gasteiger partial charge in [-0.25, -0.2) is 0 Å². The third-order valence-corrected chi connectivity index (χ3v) is 4.50. The van der Waals surface area contributed by atoms with Crippen molar-refractivity contribution in [3.05, 3.63) is 21.9 Å². The number of nitrogens with zero attached hydrogens (tertiary/aromatic N) is 2. The molecule has 108 valence electrons. The Balaban J connectivity index is 2.01. The van der Waals surface area contributed by atoms with Crippen LogP contribution in [0, 0.1) is 11.8 Å². The van der Waals surface area contributed by atoms with Gasteiger partial charge in [0.25, 0.3) is 5.91 Å². The SMILES string of the molecule is CC1CN(C(=O)c2ccc(C#CCCO)s2)CCN1C. The molecule has 20 heavy (non-hydrogen) atoms. The fraction of sp³-hybridized carbons (Fsp3) is 0.533. The fourth-order valence-corrected chi connectivity index (χ4v) is 2.96. The highest BCUT2D eigenvalue weighted by molar-refractivity contribution is 7.14. The normalized spacial score (nSPS) is 19.6. The van der Waals surface area contributed by atoms with E-state index in [1.807, 2.05) is 17.0 Å². The number of aliphatic hydroxyl groups excluding tert-OH is 1. The van der Waals surface area contributed by atoms with Crippen LogP contribution in [0.2, 0.25) is 0 Å². The van der Waals surface area contributed by atoms with E-state index in [1.54, 1.807) is 0 Å². The van der Waals surface area contributed by atoms with Gasteiger partial charge in [0.15, 0.2) is 0 Å². The van der Waals surface area contributed by atoms with E-state index < -0.39 is 0 Å². The van der Waals surface area contributed by atoms with Crippen molar-refractivity contribution in [3.8, 4) is 11.8 Å². The summed E-state index contributed by atoms with van der Waals surface area (Å²) < 4.78 is 0. The second kappa shape index (κ2) is 6.89. The van der Waals surface area contributed by atoms with Gasteiger partial charge in [0.2, 0.25) is 0 Å². The van der Waals surface area contributed by atoms with Gasteiger partial charge in [-0.1, -0.05) is 11.8 Å². The van der Waals surface area contributed by atoms with Crippen LogP contribution in [0.25, 0.3) is 0 Å². The molecule has 1 aromatic heterocycles. The number of carbonyl (C=O) groups excluding carboxylic acids is 1. The number of aliphatic hydroxyl groups is 1. The van der Waals surface area contributed by atoms with Gasteiger partial charge in [0, 0.05) is 32.1 Å². The smallest absolute Gasteiger partial charge is 0.264 e. The van der Waals surface area contributed by atoms with E-state index in [9.17, 15) is 4.79 Å². The second-order valence-corrected chi connectivity index (χ2v) is 6.10. The molecule has 0 spiro atoms. The molecule has 0 bridgehead atoms. The molecule has 2 rings (SSSR count). The zero-order valence-electron chi connectivity index (χ0n) is 11.9. The Morgan fingerprint density at radius 3 is 3.00 bits per heavy atom. The Morgan fingerprint density at radius 2 is 2.30 bits per heavy atom. The van der Waals surface area contributed by atoms with Crippen molar-refractivity contribution in [1.29, 1.82) is 0 Å². The molecule has 0 aliphatic carbocycles. The number of rotatable bonds is 2. The van der Waals surface area contributed by atoms with Crippen molar-refractivity contribution in [2.45, 2.75) is 19.4 Å². The highest BCUT2D eigenvalue weighted by Gasteiger charge is 2.25. The molecule has 1 fully saturated rings. The van der Waals surface area contributed by atoms with E-state index in [1.165, 1.54) is 11.3 Å². The van der Waals surface area contributed by atoms with Gasteiger partial charge in [0.05, 0.1) is 16.4 Å². The first kappa shape index (κ1) is 15.0. The number of piperazine rings is 1. The summed E-state index contributed by atoms with van der Waals surface area (Å²) in [5, 5.41) is 8.69. The molecule has 1 aromatic rings. The zero-order chi connectivity index (χ0) is 14.5. The number of carbonyl (C=O) groups is 1. The summed E-state index contributed by atoms with van der Waals surface area (Å²) in [6.07, 6.45) is 0.469. The van der Waals surface area contributed by atoms with Gasteiger partial charge in [-0.05, 0) is 26.1 Å². The first-order valence-corrected chi connectivity index (χ1v) is 7.62. The number of likely N-dealkylation sites (N-methyl/N-ethyl adjacent to an activating group) is 1. The molecule has 1 aliphatic rings. The molecule has 0 radical (unpaired) electrons. The molecule has 0 saturated carbocycles. The first-order chi connectivity index (χ1) is 9.61. The van der Waals surface area contributed by atoms with Gasteiger partial charge in [-0.2, -0.15) is 0 Å². The number of hydrogen-bond acceptors (Lipinski definition) is 4. The summed E-state index contributed by atoms with van der Waals surface area (Å²) in [6.45, 7) is 4.69. The van der Waals surface area contributed by atoms with Crippen LogP contribution in [-0.2, 0) is 0 Å². The van der Waals surface area contributed by atoms with Gasteiger partial charge < -0.3 is 14.9 Å². The van der Waals surface area contributed by atoms with E-state index in [2.05, 4.69) is 30.7 Å². The molecular formula is C15H20N2O2S. The monoisotopic (exact) mass is 292 g/mol. The maximum absolute atomic E-state index is 12.4. The molecule has 0 aromatic carbocycles. The maximum Gasteiger partial charge on any atom is 0.264 e. The molecule has 1 unspecified atom stereocenters. The van der Waals surface area contributed by atoms with E-state index in [0.29, 0.717) is 12.5 Å². The Labute approximate surface area is 124 Å². The summed E-state index contributed by atoms with van der Waals surface area (Å²) >= 11 is 1.43. The number of hydrogen-bond donors (Lipinski definition) is 1. The third kappa shape index (κ3) is 3.60. The maximum atomic E-state index is 12.4. The second-order valence-electron chi connectivity index (χ2n) is 5.02. The van der Waals surface area contributed by atoms with E-state index in [-0.39, 0.29) is 12.5 Å². The van der Waals surface area contributed by atoms with Crippen molar-refractivity contribution >= 4 is 17.2 Å². The fourth-order valence-electron chi connectivity index (χ4n) is 2.11. The Morgan fingerprint density at radius 1 is 1.50 bits per heavy atom. The summed E-state index contributed by atoms with van der Waals surface area (Å²) in [5.74, 6) is 5.95. The summed E-state index contributed by atoms with van der Waals surface area (Å²) in [5.41, 5.74) is 0. The van der Waals surface area contributed by atoms with Crippen molar-refractivity contribution < 1.29 is 9.90 Å². The van der Waals surface area contributed by atoms with Gasteiger partial charge in [-0.15, -0.1) is 11.3 Å². The highest BCUT2D eigenvalue weighted by Crippen LogP contribution is 2.19. The topological polar surface area (TPSA) is 43.8 Å². The lowest BCUT2D eigenvalue weighted by Crippen LogP contribution is -2.51. The third-order valence-electron chi connectivity index (χ3n) is 3.51. The molecule has 5 heteroatoms. The lowest BCUT2D eigenvalue weighted by atomic mass is 10.2. The highest BCUT2D eigenvalue weighted by atomic mass is 32.1. The van der Waals surface area contributed by atoms with Crippen LogP contribution in [0.4, 0.5) is 0 Å². The standard InChI is InChI=1S/C15H20N2O2S/c1-12-11-17(9-8-16(12)2)15(19)14-7-6-13(20-14)5-3-4-10-18/h6-7,12,18H,4,8-11H2,1-2H3. The van der Waals surface area contributed by atoms with Gasteiger partial charge in [-0.3, -0.25) is 4.79 Å². The van der Waals surface area contributed by atoms with Gasteiger partial charge >= 0.3 is 0 Å². The number of thiophene rings is 1. The molecule has 2 heterocycles. The molecule has 1 saturated heterocycles. The average Bonchev–Trinajstić information content (AvgIpc) is 2.90. The molecule has 1 atom stereocenters. The predicted octanol–water partition coefficient (Wildman–Crippen LogP) is 1.26. The van der Waals surface area contributed by atoms with E-state index >= 15 is 0 Å². The minimum absolute atomic E-state index is 0.0728. The quantitative estimate of drug-likeness (QED) is 0.835. The lowest BCUT2D eigenvalue weighted by Gasteiger charge is -2.37. The largest absolute Gasteiger partial charge is 0.395 e. The Kier molecular flexibility index (Phi) is 5.18. The molecule has 1 N–H and O–H groups in total.